The number of nitrogens with zero attached hydrogens (tertiary/aromatic N) is 1. The third-order valence-electron chi connectivity index (χ3n) is 2.24. The molecule has 0 aliphatic carbocycles. The summed E-state index contributed by atoms with van der Waals surface area (Å²) in [6.07, 6.45) is 2.22. The molecule has 3 nitrogen and oxygen atoms in total. The summed E-state index contributed by atoms with van der Waals surface area (Å²) >= 11 is 0. The van der Waals surface area contributed by atoms with E-state index in [1.54, 1.807) is 0 Å². The molecule has 1 aliphatic rings. The number of anilines is 1. The maximum absolute atomic E-state index is 4.32. The van der Waals surface area contributed by atoms with Gasteiger partial charge >= 0.3 is 0 Å². The molecule has 0 amide bonds. The molecule has 74 valence electrons. The largest absolute Gasteiger partial charge is 0.300 e. The molecular weight excluding hydrogens is 174 g/mol. The number of rotatable bonds is 2. The van der Waals surface area contributed by atoms with E-state index in [0.29, 0.717) is 0 Å². The first-order valence-electron chi connectivity index (χ1n) is 4.96. The molecule has 0 radical (unpaired) electrons. The molecule has 0 saturated heterocycles. The van der Waals surface area contributed by atoms with Crippen molar-refractivity contribution in [3.05, 3.63) is 29.8 Å². The van der Waals surface area contributed by atoms with Crippen LogP contribution in [0.25, 0.3) is 0 Å². The second kappa shape index (κ2) is 4.13. The number of nitrogens with one attached hydrogen (secondary N) is 2. The first kappa shape index (κ1) is 9.06. The molecule has 2 N–H and O–H groups in total. The zero-order valence-corrected chi connectivity index (χ0v) is 8.38. The van der Waals surface area contributed by atoms with E-state index in [0.717, 1.165) is 30.9 Å². The Hall–Kier alpha value is -1.51. The van der Waals surface area contributed by atoms with Crippen LogP contribution < -0.4 is 10.9 Å². The van der Waals surface area contributed by atoms with E-state index in [1.807, 2.05) is 12.1 Å². The second-order valence-electron chi connectivity index (χ2n) is 3.55. The van der Waals surface area contributed by atoms with Gasteiger partial charge in [0.05, 0.1) is 5.69 Å². The van der Waals surface area contributed by atoms with Crippen LogP contribution in [0.2, 0.25) is 0 Å². The third-order valence-corrected chi connectivity index (χ3v) is 2.24. The highest BCUT2D eigenvalue weighted by Gasteiger charge is 2.04. The molecule has 0 saturated carbocycles. The van der Waals surface area contributed by atoms with Crippen LogP contribution >= 0.6 is 0 Å². The zero-order valence-electron chi connectivity index (χ0n) is 8.38. The van der Waals surface area contributed by atoms with Gasteiger partial charge in [-0.05, 0) is 31.0 Å². The maximum atomic E-state index is 4.32. The predicted octanol–water partition coefficient (Wildman–Crippen LogP) is 2.10. The first-order valence-corrected chi connectivity index (χ1v) is 4.96. The highest BCUT2D eigenvalue weighted by molar-refractivity contribution is 5.84. The predicted molar refractivity (Wildman–Crippen MR) is 59.5 cm³/mol. The number of aryl methyl sites for hydroxylation is 1. The summed E-state index contributed by atoms with van der Waals surface area (Å²) < 4.78 is 0. The van der Waals surface area contributed by atoms with Crippen molar-refractivity contribution < 1.29 is 0 Å². The molecule has 0 fully saturated rings. The number of aliphatic imine (C=N–C) groups is 1. The highest BCUT2D eigenvalue weighted by Crippen LogP contribution is 2.08. The van der Waals surface area contributed by atoms with Gasteiger partial charge in [-0.25, -0.2) is 0 Å². The van der Waals surface area contributed by atoms with Crippen LogP contribution in [-0.2, 0) is 0 Å². The van der Waals surface area contributed by atoms with Crippen molar-refractivity contribution in [2.75, 3.05) is 12.0 Å². The lowest BCUT2D eigenvalue weighted by molar-refractivity contribution is 0.944. The van der Waals surface area contributed by atoms with E-state index in [9.17, 15) is 0 Å². The van der Waals surface area contributed by atoms with Gasteiger partial charge in [-0.2, -0.15) is 0 Å². The van der Waals surface area contributed by atoms with Crippen LogP contribution in [0.5, 0.6) is 0 Å². The van der Waals surface area contributed by atoms with E-state index in [2.05, 4.69) is 34.9 Å². The minimum atomic E-state index is 0.956. The van der Waals surface area contributed by atoms with E-state index >= 15 is 0 Å². The Morgan fingerprint density at radius 1 is 1.29 bits per heavy atom. The highest BCUT2D eigenvalue weighted by atomic mass is 15.4. The topological polar surface area (TPSA) is 36.4 Å². The molecule has 0 bridgehead atoms. The zero-order chi connectivity index (χ0) is 9.80. The fourth-order valence-corrected chi connectivity index (χ4v) is 1.51. The minimum Gasteiger partial charge on any atom is -0.300 e. The van der Waals surface area contributed by atoms with Gasteiger partial charge in [-0.3, -0.25) is 15.8 Å². The van der Waals surface area contributed by atoms with Crippen LogP contribution in [0.15, 0.2) is 29.3 Å². The van der Waals surface area contributed by atoms with Gasteiger partial charge in [0.1, 0.15) is 5.84 Å². The molecule has 0 aromatic heterocycles. The fraction of sp³-hybridized carbons (Fsp3) is 0.364. The van der Waals surface area contributed by atoms with Crippen LogP contribution in [-0.4, -0.2) is 12.4 Å². The smallest absolute Gasteiger partial charge is 0.115 e. The fourth-order valence-electron chi connectivity index (χ4n) is 1.51. The summed E-state index contributed by atoms with van der Waals surface area (Å²) in [4.78, 5) is 4.32. The molecule has 0 atom stereocenters. The van der Waals surface area contributed by atoms with E-state index in [1.165, 1.54) is 5.56 Å². The SMILES string of the molecule is Cc1cccc(NNC2=NCCC2)c1. The van der Waals surface area contributed by atoms with Crippen LogP contribution in [0.3, 0.4) is 0 Å². The van der Waals surface area contributed by atoms with Crippen molar-refractivity contribution in [1.29, 1.82) is 0 Å². The number of hydrazine groups is 1. The molecule has 3 heteroatoms. The lowest BCUT2D eigenvalue weighted by Crippen LogP contribution is -2.27. The second-order valence-corrected chi connectivity index (χ2v) is 3.55. The van der Waals surface area contributed by atoms with Crippen LogP contribution in [0, 0.1) is 6.92 Å². The van der Waals surface area contributed by atoms with Gasteiger partial charge in [0.25, 0.3) is 0 Å². The molecule has 1 aromatic rings. The molecule has 2 rings (SSSR count). The Labute approximate surface area is 84.2 Å². The number of amidine groups is 1. The van der Waals surface area contributed by atoms with E-state index in [-0.39, 0.29) is 0 Å². The minimum absolute atomic E-state index is 0.956. The molecule has 1 aliphatic heterocycles. The molecule has 14 heavy (non-hydrogen) atoms. The van der Waals surface area contributed by atoms with Crippen molar-refractivity contribution in [3.63, 3.8) is 0 Å². The Balaban J connectivity index is 1.91. The molecule has 1 heterocycles. The van der Waals surface area contributed by atoms with Crippen molar-refractivity contribution in [1.82, 2.24) is 5.43 Å². The lowest BCUT2D eigenvalue weighted by Gasteiger charge is -2.09. The first-order chi connectivity index (χ1) is 6.84. The van der Waals surface area contributed by atoms with Gasteiger partial charge in [0.2, 0.25) is 0 Å². The van der Waals surface area contributed by atoms with E-state index in [4.69, 9.17) is 0 Å². The summed E-state index contributed by atoms with van der Waals surface area (Å²) in [7, 11) is 0. The van der Waals surface area contributed by atoms with Gasteiger partial charge in [-0.1, -0.05) is 12.1 Å². The Morgan fingerprint density at radius 2 is 2.21 bits per heavy atom. The average Bonchev–Trinajstić information content (AvgIpc) is 2.67. The average molecular weight is 189 g/mol. The van der Waals surface area contributed by atoms with Gasteiger partial charge in [0, 0.05) is 13.0 Å². The summed E-state index contributed by atoms with van der Waals surface area (Å²) in [6, 6.07) is 8.26. The monoisotopic (exact) mass is 189 g/mol. The normalized spacial score (nSPS) is 15.1. The number of benzene rings is 1. The summed E-state index contributed by atoms with van der Waals surface area (Å²) in [6.45, 7) is 3.04. The quantitative estimate of drug-likeness (QED) is 0.699. The van der Waals surface area contributed by atoms with E-state index < -0.39 is 0 Å². The van der Waals surface area contributed by atoms with Gasteiger partial charge < -0.3 is 0 Å². The third kappa shape index (κ3) is 2.25. The standard InChI is InChI=1S/C11H15N3/c1-9-4-2-5-10(8-9)13-14-11-6-3-7-12-11/h2,4-5,8,13H,3,6-7H2,1H3,(H,12,14). The van der Waals surface area contributed by atoms with Gasteiger partial charge in [-0.15, -0.1) is 0 Å². The van der Waals surface area contributed by atoms with Crippen molar-refractivity contribution in [2.45, 2.75) is 19.8 Å². The Bertz CT molecular complexity index is 344. The lowest BCUT2D eigenvalue weighted by atomic mass is 10.2. The van der Waals surface area contributed by atoms with Gasteiger partial charge in [0.15, 0.2) is 0 Å². The molecular formula is C11H15N3. The van der Waals surface area contributed by atoms with Crippen molar-refractivity contribution in [3.8, 4) is 0 Å². The maximum Gasteiger partial charge on any atom is 0.115 e. The van der Waals surface area contributed by atoms with Crippen LogP contribution in [0.4, 0.5) is 5.69 Å². The summed E-state index contributed by atoms with van der Waals surface area (Å²) in [5, 5.41) is 0. The summed E-state index contributed by atoms with van der Waals surface area (Å²) in [5.41, 5.74) is 8.61. The number of hydrogen-bond donors (Lipinski definition) is 2. The van der Waals surface area contributed by atoms with Crippen LogP contribution in [0.1, 0.15) is 18.4 Å². The molecule has 0 spiro atoms. The molecule has 0 unspecified atom stereocenters. The molecule has 1 aromatic carbocycles. The van der Waals surface area contributed by atoms with Crippen molar-refractivity contribution in [2.24, 2.45) is 4.99 Å². The number of hydrogen-bond acceptors (Lipinski definition) is 3. The Morgan fingerprint density at radius 3 is 2.93 bits per heavy atom. The Kier molecular flexibility index (Phi) is 2.68. The van der Waals surface area contributed by atoms with Crippen molar-refractivity contribution >= 4 is 11.5 Å². The summed E-state index contributed by atoms with van der Waals surface area (Å²) in [5.74, 6) is 1.06.